The van der Waals surface area contributed by atoms with E-state index in [1.165, 1.54) is 0 Å². The molecule has 1 aliphatic rings. The molecule has 0 amide bonds. The first-order chi connectivity index (χ1) is 9.86. The Bertz CT molecular complexity index is 632. The molecule has 1 fully saturated rings. The molecular formula is C13H9F4NO3. The maximum atomic E-state index is 13.5. The third-order valence-electron chi connectivity index (χ3n) is 2.97. The third-order valence-corrected chi connectivity index (χ3v) is 2.97. The van der Waals surface area contributed by atoms with Gasteiger partial charge in [0.2, 0.25) is 0 Å². The number of carbonyl (C=O) groups excluding carboxylic acids is 2. The lowest BCUT2D eigenvalue weighted by atomic mass is 10.1. The van der Waals surface area contributed by atoms with Gasteiger partial charge in [0.1, 0.15) is 0 Å². The van der Waals surface area contributed by atoms with E-state index in [0.717, 1.165) is 6.08 Å². The molecule has 8 heteroatoms. The number of halogens is 4. The summed E-state index contributed by atoms with van der Waals surface area (Å²) in [5.41, 5.74) is 1.36. The fraction of sp³-hybridized carbons (Fsp3) is 0.231. The molecule has 1 N–H and O–H groups in total. The summed E-state index contributed by atoms with van der Waals surface area (Å²) in [4.78, 5) is 27.1. The highest BCUT2D eigenvalue weighted by Gasteiger charge is 2.45. The zero-order valence-corrected chi connectivity index (χ0v) is 10.5. The van der Waals surface area contributed by atoms with Gasteiger partial charge in [0.15, 0.2) is 29.1 Å². The van der Waals surface area contributed by atoms with Gasteiger partial charge >= 0.3 is 5.97 Å². The summed E-state index contributed by atoms with van der Waals surface area (Å²) >= 11 is 0. The van der Waals surface area contributed by atoms with E-state index in [-0.39, 0.29) is 6.42 Å². The number of nitrogens with one attached hydrogen (secondary N) is 1. The van der Waals surface area contributed by atoms with Gasteiger partial charge in [-0.2, -0.15) is 0 Å². The van der Waals surface area contributed by atoms with Crippen molar-refractivity contribution in [2.45, 2.75) is 12.5 Å². The van der Waals surface area contributed by atoms with E-state index in [2.05, 4.69) is 16.9 Å². The topological polar surface area (TPSA) is 55.4 Å². The van der Waals surface area contributed by atoms with Crippen LogP contribution in [0.4, 0.5) is 17.6 Å². The SMILES string of the molecule is C=CC(=O)ONC1CC1C(=O)c1cc(F)c(F)c(F)c1F. The Morgan fingerprint density at radius 1 is 1.24 bits per heavy atom. The Labute approximate surface area is 116 Å². The molecule has 0 aromatic heterocycles. The van der Waals surface area contributed by atoms with Crippen LogP contribution in [0, 0.1) is 29.2 Å². The number of rotatable bonds is 5. The quantitative estimate of drug-likeness (QED) is 0.226. The fourth-order valence-corrected chi connectivity index (χ4v) is 1.74. The van der Waals surface area contributed by atoms with Crippen molar-refractivity contribution in [3.05, 3.63) is 47.6 Å². The lowest BCUT2D eigenvalue weighted by Gasteiger charge is -2.05. The van der Waals surface area contributed by atoms with Crippen LogP contribution < -0.4 is 5.48 Å². The molecule has 2 rings (SSSR count). The molecule has 4 nitrogen and oxygen atoms in total. The Morgan fingerprint density at radius 2 is 1.90 bits per heavy atom. The molecule has 1 saturated carbocycles. The fourth-order valence-electron chi connectivity index (χ4n) is 1.74. The minimum atomic E-state index is -2.04. The average molecular weight is 303 g/mol. The Morgan fingerprint density at radius 3 is 2.52 bits per heavy atom. The van der Waals surface area contributed by atoms with Gasteiger partial charge in [-0.05, 0) is 12.5 Å². The summed E-state index contributed by atoms with van der Waals surface area (Å²) in [6, 6.07) is -0.293. The van der Waals surface area contributed by atoms with Crippen LogP contribution >= 0.6 is 0 Å². The van der Waals surface area contributed by atoms with Crippen molar-refractivity contribution in [3.63, 3.8) is 0 Å². The monoisotopic (exact) mass is 303 g/mol. The highest BCUT2D eigenvalue weighted by molar-refractivity contribution is 6.00. The average Bonchev–Trinajstić information content (AvgIpc) is 3.25. The molecule has 1 aromatic rings. The van der Waals surface area contributed by atoms with Crippen LogP contribution in [0.1, 0.15) is 16.8 Å². The molecule has 0 aliphatic heterocycles. The number of carbonyl (C=O) groups is 2. The van der Waals surface area contributed by atoms with Gasteiger partial charge < -0.3 is 4.84 Å². The minimum Gasteiger partial charge on any atom is -0.367 e. The number of hydrogen-bond donors (Lipinski definition) is 1. The summed E-state index contributed by atoms with van der Waals surface area (Å²) < 4.78 is 52.3. The van der Waals surface area contributed by atoms with Crippen molar-refractivity contribution in [2.24, 2.45) is 5.92 Å². The van der Waals surface area contributed by atoms with E-state index in [9.17, 15) is 27.2 Å². The van der Waals surface area contributed by atoms with E-state index < -0.39 is 52.5 Å². The van der Waals surface area contributed by atoms with Gasteiger partial charge in [0.25, 0.3) is 0 Å². The largest absolute Gasteiger partial charge is 0.367 e. The van der Waals surface area contributed by atoms with Gasteiger partial charge in [-0.15, -0.1) is 5.48 Å². The summed E-state index contributed by atoms with van der Waals surface area (Å²) in [6.07, 6.45) is 1.07. The van der Waals surface area contributed by atoms with Crippen molar-refractivity contribution in [3.8, 4) is 0 Å². The van der Waals surface area contributed by atoms with Gasteiger partial charge in [0, 0.05) is 12.0 Å². The zero-order valence-electron chi connectivity index (χ0n) is 10.5. The molecule has 0 radical (unpaired) electrons. The Kier molecular flexibility index (Phi) is 4.08. The summed E-state index contributed by atoms with van der Waals surface area (Å²) in [7, 11) is 0. The smallest absolute Gasteiger partial charge is 0.348 e. The molecule has 21 heavy (non-hydrogen) atoms. The van der Waals surface area contributed by atoms with E-state index in [0.29, 0.717) is 6.07 Å². The van der Waals surface area contributed by atoms with E-state index in [1.54, 1.807) is 0 Å². The van der Waals surface area contributed by atoms with E-state index in [4.69, 9.17) is 0 Å². The van der Waals surface area contributed by atoms with Crippen LogP contribution in [0.5, 0.6) is 0 Å². The number of benzene rings is 1. The molecule has 0 bridgehead atoms. The molecule has 1 aliphatic carbocycles. The molecule has 2 unspecified atom stereocenters. The van der Waals surface area contributed by atoms with Crippen LogP contribution in [0.2, 0.25) is 0 Å². The predicted octanol–water partition coefficient (Wildman–Crippen LogP) is 2.05. The zero-order chi connectivity index (χ0) is 15.7. The third kappa shape index (κ3) is 2.94. The first kappa shape index (κ1) is 15.2. The van der Waals surface area contributed by atoms with E-state index in [1.807, 2.05) is 0 Å². The number of hydroxylamine groups is 1. The highest BCUT2D eigenvalue weighted by atomic mass is 19.2. The van der Waals surface area contributed by atoms with Crippen LogP contribution in [-0.2, 0) is 9.63 Å². The minimum absolute atomic E-state index is 0.184. The van der Waals surface area contributed by atoms with E-state index >= 15 is 0 Å². The molecule has 1 aromatic carbocycles. The lowest BCUT2D eigenvalue weighted by Crippen LogP contribution is -2.24. The van der Waals surface area contributed by atoms with Crippen molar-refractivity contribution in [1.82, 2.24) is 5.48 Å². The highest BCUT2D eigenvalue weighted by Crippen LogP contribution is 2.35. The van der Waals surface area contributed by atoms with Crippen molar-refractivity contribution in [1.29, 1.82) is 0 Å². The number of ketones is 1. The Balaban J connectivity index is 2.09. The van der Waals surface area contributed by atoms with Crippen LogP contribution in [-0.4, -0.2) is 17.8 Å². The summed E-state index contributed by atoms with van der Waals surface area (Å²) in [5.74, 6) is -9.92. The molecule has 112 valence electrons. The lowest BCUT2D eigenvalue weighted by molar-refractivity contribution is -0.145. The second-order valence-corrected chi connectivity index (χ2v) is 4.40. The molecule has 2 atom stereocenters. The maximum absolute atomic E-state index is 13.5. The van der Waals surface area contributed by atoms with Gasteiger partial charge in [-0.3, -0.25) is 4.79 Å². The molecule has 0 spiro atoms. The maximum Gasteiger partial charge on any atom is 0.348 e. The van der Waals surface area contributed by atoms with Gasteiger partial charge in [0.05, 0.1) is 11.6 Å². The Hall–Kier alpha value is -2.22. The summed E-state index contributed by atoms with van der Waals surface area (Å²) in [5, 5.41) is 0. The van der Waals surface area contributed by atoms with Gasteiger partial charge in [-0.25, -0.2) is 22.4 Å². The number of Topliss-reactive ketones (excluding diaryl/α,β-unsaturated/α-hetero) is 1. The van der Waals surface area contributed by atoms with Gasteiger partial charge in [-0.1, -0.05) is 6.58 Å². The van der Waals surface area contributed by atoms with Crippen LogP contribution in [0.3, 0.4) is 0 Å². The first-order valence-electron chi connectivity index (χ1n) is 5.82. The molecular weight excluding hydrogens is 294 g/mol. The predicted molar refractivity (Wildman–Crippen MR) is 61.9 cm³/mol. The summed E-state index contributed by atoms with van der Waals surface area (Å²) in [6.45, 7) is 3.15. The molecule has 0 heterocycles. The normalized spacial score (nSPS) is 20.0. The van der Waals surface area contributed by atoms with Crippen LogP contribution in [0.25, 0.3) is 0 Å². The second-order valence-electron chi connectivity index (χ2n) is 4.40. The van der Waals surface area contributed by atoms with Crippen molar-refractivity contribution < 1.29 is 32.0 Å². The van der Waals surface area contributed by atoms with Crippen LogP contribution in [0.15, 0.2) is 18.7 Å². The van der Waals surface area contributed by atoms with Crippen molar-refractivity contribution >= 4 is 11.8 Å². The number of hydrogen-bond acceptors (Lipinski definition) is 4. The first-order valence-corrected chi connectivity index (χ1v) is 5.82. The van der Waals surface area contributed by atoms with Crippen molar-refractivity contribution in [2.75, 3.05) is 0 Å². The standard InChI is InChI=1S/C13H9F4NO3/c1-2-9(19)21-18-8-4-5(8)13(20)6-3-7(14)11(16)12(17)10(6)15/h2-3,5,8,18H,1,4H2. The second kappa shape index (κ2) is 5.65. The molecule has 0 saturated heterocycles.